The van der Waals surface area contributed by atoms with E-state index in [0.29, 0.717) is 6.04 Å². The van der Waals surface area contributed by atoms with Gasteiger partial charge >= 0.3 is 5.97 Å². The fraction of sp³-hybridized carbons (Fsp3) is 0.417. The van der Waals surface area contributed by atoms with Gasteiger partial charge in [-0.2, -0.15) is 0 Å². The molecule has 0 spiro atoms. The molecule has 78 valence electrons. The van der Waals surface area contributed by atoms with E-state index in [-0.39, 0.29) is 0 Å². The average molecular weight is 203 g/mol. The Morgan fingerprint density at radius 3 is 2.73 bits per heavy atom. The van der Waals surface area contributed by atoms with E-state index >= 15 is 0 Å². The van der Waals surface area contributed by atoms with Crippen molar-refractivity contribution in [3.05, 3.63) is 35.4 Å². The second-order valence-corrected chi connectivity index (χ2v) is 4.34. The fourth-order valence-electron chi connectivity index (χ4n) is 2.43. The van der Waals surface area contributed by atoms with Crippen LogP contribution in [0.3, 0.4) is 0 Å². The molecule has 1 N–H and O–H groups in total. The zero-order chi connectivity index (χ0) is 10.4. The maximum atomic E-state index is 11.3. The summed E-state index contributed by atoms with van der Waals surface area (Å²) >= 11 is 0. The molecule has 0 radical (unpaired) electrons. The number of carboxylic acids is 1. The molecule has 1 fully saturated rings. The summed E-state index contributed by atoms with van der Waals surface area (Å²) in [7, 11) is 0. The Morgan fingerprint density at radius 1 is 1.33 bits per heavy atom. The summed E-state index contributed by atoms with van der Waals surface area (Å²) in [5.41, 5.74) is 2.16. The monoisotopic (exact) mass is 203 g/mol. The molecule has 1 unspecified atom stereocenters. The molecule has 0 bridgehead atoms. The Balaban J connectivity index is 2.01. The minimum Gasteiger partial charge on any atom is -0.480 e. The van der Waals surface area contributed by atoms with Crippen molar-refractivity contribution in [3.8, 4) is 0 Å². The van der Waals surface area contributed by atoms with Crippen molar-refractivity contribution >= 4 is 5.97 Å². The summed E-state index contributed by atoms with van der Waals surface area (Å²) in [5.74, 6) is -0.716. The summed E-state index contributed by atoms with van der Waals surface area (Å²) in [4.78, 5) is 13.4. The Labute approximate surface area is 88.3 Å². The molecule has 15 heavy (non-hydrogen) atoms. The average Bonchev–Trinajstić information content (AvgIpc) is 2.98. The summed E-state index contributed by atoms with van der Waals surface area (Å²) < 4.78 is 0. The van der Waals surface area contributed by atoms with Crippen LogP contribution in [0.25, 0.3) is 0 Å². The first kappa shape index (κ1) is 8.92. The molecule has 1 aromatic rings. The lowest BCUT2D eigenvalue weighted by Crippen LogP contribution is -2.29. The lowest BCUT2D eigenvalue weighted by molar-refractivity contribution is -0.143. The van der Waals surface area contributed by atoms with Gasteiger partial charge in [-0.3, -0.25) is 9.69 Å². The summed E-state index contributed by atoms with van der Waals surface area (Å²) in [6, 6.07) is 7.97. The lowest BCUT2D eigenvalue weighted by Gasteiger charge is -2.20. The maximum absolute atomic E-state index is 11.3. The number of rotatable bonds is 2. The van der Waals surface area contributed by atoms with Crippen LogP contribution in [-0.4, -0.2) is 22.0 Å². The molecule has 1 atom stereocenters. The van der Waals surface area contributed by atoms with Gasteiger partial charge in [0.2, 0.25) is 0 Å². The van der Waals surface area contributed by atoms with E-state index in [1.54, 1.807) is 0 Å². The molecule has 0 amide bonds. The molecule has 1 aliphatic carbocycles. The van der Waals surface area contributed by atoms with Crippen LogP contribution in [0.4, 0.5) is 0 Å². The lowest BCUT2D eigenvalue weighted by atomic mass is 10.1. The van der Waals surface area contributed by atoms with E-state index in [1.807, 2.05) is 24.3 Å². The molecule has 0 aromatic heterocycles. The highest BCUT2D eigenvalue weighted by Crippen LogP contribution is 2.41. The second-order valence-electron chi connectivity index (χ2n) is 4.34. The minimum absolute atomic E-state index is 0.409. The first-order valence-corrected chi connectivity index (χ1v) is 5.34. The quantitative estimate of drug-likeness (QED) is 0.796. The second kappa shape index (κ2) is 3.07. The largest absolute Gasteiger partial charge is 0.480 e. The normalized spacial score (nSPS) is 25.2. The van der Waals surface area contributed by atoms with E-state index in [4.69, 9.17) is 0 Å². The highest BCUT2D eigenvalue weighted by atomic mass is 16.4. The van der Waals surface area contributed by atoms with Crippen LogP contribution >= 0.6 is 0 Å². The zero-order valence-electron chi connectivity index (χ0n) is 8.39. The Hall–Kier alpha value is -1.35. The van der Waals surface area contributed by atoms with Gasteiger partial charge in [0.05, 0.1) is 0 Å². The Morgan fingerprint density at radius 2 is 2.07 bits per heavy atom. The topological polar surface area (TPSA) is 40.5 Å². The molecule has 2 aliphatic rings. The van der Waals surface area contributed by atoms with Crippen LogP contribution < -0.4 is 0 Å². The van der Waals surface area contributed by atoms with Gasteiger partial charge in [-0.25, -0.2) is 0 Å². The molecule has 1 aliphatic heterocycles. The first-order valence-electron chi connectivity index (χ1n) is 5.34. The smallest absolute Gasteiger partial charge is 0.325 e. The third-order valence-electron chi connectivity index (χ3n) is 3.28. The van der Waals surface area contributed by atoms with Crippen molar-refractivity contribution in [2.45, 2.75) is 31.5 Å². The van der Waals surface area contributed by atoms with Crippen molar-refractivity contribution in [1.29, 1.82) is 0 Å². The van der Waals surface area contributed by atoms with Gasteiger partial charge in [0.15, 0.2) is 0 Å². The van der Waals surface area contributed by atoms with Gasteiger partial charge in [-0.1, -0.05) is 24.3 Å². The number of benzene rings is 1. The van der Waals surface area contributed by atoms with Crippen molar-refractivity contribution in [2.75, 3.05) is 0 Å². The SMILES string of the molecule is O=C(O)C1c2ccccc2CN1C1CC1. The van der Waals surface area contributed by atoms with Gasteiger partial charge in [-0.05, 0) is 24.0 Å². The molecule has 1 saturated carbocycles. The first-order chi connectivity index (χ1) is 7.27. The van der Waals surface area contributed by atoms with Crippen molar-refractivity contribution in [1.82, 2.24) is 4.90 Å². The molecule has 3 nitrogen and oxygen atoms in total. The molecule has 3 rings (SSSR count). The predicted octanol–water partition coefficient (Wildman–Crippen LogP) is 1.79. The minimum atomic E-state index is -0.716. The van der Waals surface area contributed by atoms with Gasteiger partial charge < -0.3 is 5.11 Å². The van der Waals surface area contributed by atoms with Gasteiger partial charge in [0.1, 0.15) is 6.04 Å². The molecular weight excluding hydrogens is 190 g/mol. The zero-order valence-corrected chi connectivity index (χ0v) is 8.39. The van der Waals surface area contributed by atoms with Crippen molar-refractivity contribution < 1.29 is 9.90 Å². The number of aliphatic carboxylic acids is 1. The standard InChI is InChI=1S/C12H13NO2/c14-12(15)11-10-4-2-1-3-8(10)7-13(11)9-5-6-9/h1-4,9,11H,5-7H2,(H,14,15). The summed E-state index contributed by atoms with van der Waals surface area (Å²) in [6.07, 6.45) is 2.30. The highest BCUT2D eigenvalue weighted by molar-refractivity contribution is 5.77. The summed E-state index contributed by atoms with van der Waals surface area (Å²) in [5, 5.41) is 9.27. The number of fused-ring (bicyclic) bond motifs is 1. The van der Waals surface area contributed by atoms with Crippen LogP contribution in [0.15, 0.2) is 24.3 Å². The van der Waals surface area contributed by atoms with Crippen LogP contribution in [0.5, 0.6) is 0 Å². The predicted molar refractivity (Wildman–Crippen MR) is 55.4 cm³/mol. The van der Waals surface area contributed by atoms with E-state index in [1.165, 1.54) is 5.56 Å². The van der Waals surface area contributed by atoms with Crippen LogP contribution in [0, 0.1) is 0 Å². The van der Waals surface area contributed by atoms with E-state index < -0.39 is 12.0 Å². The molecule has 1 heterocycles. The van der Waals surface area contributed by atoms with Crippen molar-refractivity contribution in [2.24, 2.45) is 0 Å². The molecule has 1 aromatic carbocycles. The molecule has 0 saturated heterocycles. The van der Waals surface area contributed by atoms with Gasteiger partial charge in [0.25, 0.3) is 0 Å². The van der Waals surface area contributed by atoms with E-state index in [9.17, 15) is 9.90 Å². The number of carbonyl (C=O) groups is 1. The fourth-order valence-corrected chi connectivity index (χ4v) is 2.43. The maximum Gasteiger partial charge on any atom is 0.325 e. The van der Waals surface area contributed by atoms with E-state index in [0.717, 1.165) is 24.9 Å². The number of carboxylic acid groups (broad SMARTS) is 1. The summed E-state index contributed by atoms with van der Waals surface area (Å²) in [6.45, 7) is 0.803. The molecular formula is C12H13NO2. The number of nitrogens with zero attached hydrogens (tertiary/aromatic N) is 1. The Kier molecular flexibility index (Phi) is 1.83. The third-order valence-corrected chi connectivity index (χ3v) is 3.28. The van der Waals surface area contributed by atoms with Crippen LogP contribution in [0.1, 0.15) is 30.0 Å². The number of hydrogen-bond acceptors (Lipinski definition) is 2. The Bertz CT molecular complexity index is 412. The highest BCUT2D eigenvalue weighted by Gasteiger charge is 2.42. The van der Waals surface area contributed by atoms with Gasteiger partial charge in [-0.15, -0.1) is 0 Å². The third kappa shape index (κ3) is 1.35. The van der Waals surface area contributed by atoms with Crippen LogP contribution in [0.2, 0.25) is 0 Å². The van der Waals surface area contributed by atoms with Gasteiger partial charge in [0, 0.05) is 12.6 Å². The van der Waals surface area contributed by atoms with Crippen LogP contribution in [-0.2, 0) is 11.3 Å². The molecule has 3 heteroatoms. The van der Waals surface area contributed by atoms with Crippen molar-refractivity contribution in [3.63, 3.8) is 0 Å². The van der Waals surface area contributed by atoms with E-state index in [2.05, 4.69) is 4.90 Å². The number of hydrogen-bond donors (Lipinski definition) is 1.